The van der Waals surface area contributed by atoms with Crippen LogP contribution in [0.25, 0.3) is 0 Å². The minimum atomic E-state index is -1.57. The largest absolute Gasteiger partial charge is 0.394 e. The molecule has 0 aromatic rings. The molecule has 1 aliphatic rings. The second kappa shape index (κ2) is 40.5. The summed E-state index contributed by atoms with van der Waals surface area (Å²) in [7, 11) is 0. The normalized spacial score (nSPS) is 21.0. The highest BCUT2D eigenvalue weighted by molar-refractivity contribution is 5.76. The van der Waals surface area contributed by atoms with Crippen LogP contribution in [0.5, 0.6) is 0 Å². The van der Waals surface area contributed by atoms with Crippen molar-refractivity contribution >= 4 is 5.91 Å². The number of carbonyl (C=O) groups excluding carboxylic acids is 1. The molecular formula is C50H93NO8. The van der Waals surface area contributed by atoms with E-state index in [0.29, 0.717) is 6.42 Å². The summed E-state index contributed by atoms with van der Waals surface area (Å²) in [4.78, 5) is 13.0. The average Bonchev–Trinajstić information content (AvgIpc) is 3.23. The third-order valence-electron chi connectivity index (χ3n) is 11.7. The first kappa shape index (κ1) is 55.4. The van der Waals surface area contributed by atoms with Crippen LogP contribution in [-0.2, 0) is 14.3 Å². The highest BCUT2D eigenvalue weighted by Crippen LogP contribution is 2.23. The molecule has 9 heteroatoms. The molecule has 1 fully saturated rings. The second-order valence-corrected chi connectivity index (χ2v) is 17.2. The number of hydrogen-bond donors (Lipinski definition) is 6. The van der Waals surface area contributed by atoms with Crippen LogP contribution in [0.15, 0.2) is 36.5 Å². The molecule has 59 heavy (non-hydrogen) atoms. The first-order valence-electron chi connectivity index (χ1n) is 24.7. The maximum atomic E-state index is 13.0. The Hall–Kier alpha value is -1.59. The zero-order valence-corrected chi connectivity index (χ0v) is 38.0. The third-order valence-corrected chi connectivity index (χ3v) is 11.7. The van der Waals surface area contributed by atoms with Crippen molar-refractivity contribution in [2.75, 3.05) is 13.2 Å². The zero-order chi connectivity index (χ0) is 43.0. The predicted molar refractivity (Wildman–Crippen MR) is 244 cm³/mol. The zero-order valence-electron chi connectivity index (χ0n) is 38.0. The van der Waals surface area contributed by atoms with Gasteiger partial charge in [0.1, 0.15) is 24.4 Å². The number of carbonyl (C=O) groups is 1. The minimum absolute atomic E-state index is 0.191. The first-order valence-corrected chi connectivity index (χ1v) is 24.7. The Bertz CT molecular complexity index is 1020. The van der Waals surface area contributed by atoms with E-state index in [-0.39, 0.29) is 12.5 Å². The highest BCUT2D eigenvalue weighted by atomic mass is 16.7. The molecule has 346 valence electrons. The van der Waals surface area contributed by atoms with Crippen LogP contribution in [0.4, 0.5) is 0 Å². The number of aliphatic hydroxyl groups excluding tert-OH is 5. The van der Waals surface area contributed by atoms with Crippen molar-refractivity contribution in [3.8, 4) is 0 Å². The molecule has 0 saturated carbocycles. The van der Waals surface area contributed by atoms with Gasteiger partial charge in [-0.15, -0.1) is 0 Å². The number of amides is 1. The maximum Gasteiger partial charge on any atom is 0.220 e. The van der Waals surface area contributed by atoms with Crippen LogP contribution in [0.2, 0.25) is 0 Å². The van der Waals surface area contributed by atoms with E-state index >= 15 is 0 Å². The Labute approximate surface area is 361 Å². The predicted octanol–water partition coefficient (Wildman–Crippen LogP) is 10.8. The number of hydrogen-bond acceptors (Lipinski definition) is 8. The van der Waals surface area contributed by atoms with Gasteiger partial charge in [-0.25, -0.2) is 0 Å². The van der Waals surface area contributed by atoms with E-state index in [4.69, 9.17) is 9.47 Å². The Morgan fingerprint density at radius 1 is 0.559 bits per heavy atom. The summed E-state index contributed by atoms with van der Waals surface area (Å²) in [6.45, 7) is 3.76. The lowest BCUT2D eigenvalue weighted by molar-refractivity contribution is -0.302. The van der Waals surface area contributed by atoms with E-state index in [1.165, 1.54) is 148 Å². The topological polar surface area (TPSA) is 149 Å². The maximum absolute atomic E-state index is 13.0. The van der Waals surface area contributed by atoms with E-state index in [1.807, 2.05) is 6.08 Å². The van der Waals surface area contributed by atoms with Crippen molar-refractivity contribution in [1.82, 2.24) is 5.32 Å². The quantitative estimate of drug-likeness (QED) is 0.0263. The Kier molecular flexibility index (Phi) is 38.0. The van der Waals surface area contributed by atoms with Gasteiger partial charge in [-0.2, -0.15) is 0 Å². The van der Waals surface area contributed by atoms with E-state index in [1.54, 1.807) is 6.08 Å². The molecule has 9 nitrogen and oxygen atoms in total. The van der Waals surface area contributed by atoms with Crippen molar-refractivity contribution < 1.29 is 39.8 Å². The van der Waals surface area contributed by atoms with Gasteiger partial charge >= 0.3 is 0 Å². The average molecular weight is 836 g/mol. The fourth-order valence-electron chi connectivity index (χ4n) is 7.70. The number of nitrogens with one attached hydrogen (secondary N) is 1. The summed E-state index contributed by atoms with van der Waals surface area (Å²) >= 11 is 0. The lowest BCUT2D eigenvalue weighted by Gasteiger charge is -2.40. The molecule has 0 radical (unpaired) electrons. The van der Waals surface area contributed by atoms with E-state index < -0.39 is 49.5 Å². The number of ether oxygens (including phenoxy) is 2. The van der Waals surface area contributed by atoms with Crippen LogP contribution in [0.1, 0.15) is 219 Å². The first-order chi connectivity index (χ1) is 28.8. The van der Waals surface area contributed by atoms with Crippen LogP contribution < -0.4 is 5.32 Å². The van der Waals surface area contributed by atoms with E-state index in [2.05, 4.69) is 43.5 Å². The number of rotatable bonds is 41. The Morgan fingerprint density at radius 2 is 0.966 bits per heavy atom. The summed E-state index contributed by atoms with van der Waals surface area (Å²) in [5.74, 6) is -0.191. The smallest absolute Gasteiger partial charge is 0.220 e. The van der Waals surface area contributed by atoms with Crippen LogP contribution >= 0.6 is 0 Å². The number of aliphatic hydroxyl groups is 5. The van der Waals surface area contributed by atoms with Crippen molar-refractivity contribution in [2.45, 2.75) is 262 Å². The molecular weight excluding hydrogens is 743 g/mol. The van der Waals surface area contributed by atoms with Gasteiger partial charge in [0, 0.05) is 6.42 Å². The molecule has 0 bridgehead atoms. The van der Waals surface area contributed by atoms with Crippen LogP contribution in [0.3, 0.4) is 0 Å². The van der Waals surface area contributed by atoms with Crippen molar-refractivity contribution in [2.24, 2.45) is 0 Å². The molecule has 0 spiro atoms. The highest BCUT2D eigenvalue weighted by Gasteiger charge is 2.44. The molecule has 0 aromatic heterocycles. The van der Waals surface area contributed by atoms with Gasteiger partial charge in [0.2, 0.25) is 5.91 Å². The fraction of sp³-hybridized carbons (Fsp3) is 0.860. The van der Waals surface area contributed by atoms with Crippen molar-refractivity contribution in [3.05, 3.63) is 36.5 Å². The van der Waals surface area contributed by atoms with Gasteiger partial charge in [-0.05, 0) is 57.8 Å². The van der Waals surface area contributed by atoms with Crippen LogP contribution in [0, 0.1) is 0 Å². The standard InChI is InChI=1S/C50H93NO8/c1-3-5-7-9-11-13-15-17-19-21-23-25-27-29-31-33-35-37-39-44(53)43(42-58-50-49(57)48(56)47(55)45(41-52)59-50)51-46(54)40-38-36-34-32-30-28-26-24-22-20-18-16-14-12-10-8-6-4-2/h20,22,29,31,37,39,43-45,47-50,52-53,55-57H,3-19,21,23-28,30,32-36,38,40-42H2,1-2H3,(H,51,54)/b22-20-,31-29+,39-37+. The van der Waals surface area contributed by atoms with Gasteiger partial charge in [0.25, 0.3) is 0 Å². The van der Waals surface area contributed by atoms with Gasteiger partial charge in [0.05, 0.1) is 25.4 Å². The molecule has 7 unspecified atom stereocenters. The molecule has 6 N–H and O–H groups in total. The van der Waals surface area contributed by atoms with Gasteiger partial charge < -0.3 is 40.3 Å². The fourth-order valence-corrected chi connectivity index (χ4v) is 7.70. The summed E-state index contributed by atoms with van der Waals surface area (Å²) in [5.41, 5.74) is 0. The lowest BCUT2D eigenvalue weighted by Crippen LogP contribution is -2.60. The molecule has 0 aromatic carbocycles. The summed E-state index contributed by atoms with van der Waals surface area (Å²) in [5, 5.41) is 54.3. The minimum Gasteiger partial charge on any atom is -0.394 e. The summed E-state index contributed by atoms with van der Waals surface area (Å²) in [6.07, 6.45) is 43.3. The number of unbranched alkanes of at least 4 members (excludes halogenated alkanes) is 27. The molecule has 0 aliphatic carbocycles. The van der Waals surface area contributed by atoms with E-state index in [0.717, 1.165) is 51.4 Å². The Morgan fingerprint density at radius 3 is 1.42 bits per heavy atom. The summed E-state index contributed by atoms with van der Waals surface area (Å²) < 4.78 is 11.2. The molecule has 1 amide bonds. The van der Waals surface area contributed by atoms with Crippen molar-refractivity contribution in [1.29, 1.82) is 0 Å². The van der Waals surface area contributed by atoms with Gasteiger partial charge in [-0.1, -0.05) is 192 Å². The molecule has 1 rings (SSSR count). The van der Waals surface area contributed by atoms with Gasteiger partial charge in [0.15, 0.2) is 6.29 Å². The second-order valence-electron chi connectivity index (χ2n) is 17.2. The Balaban J connectivity index is 2.35. The summed E-state index contributed by atoms with van der Waals surface area (Å²) in [6, 6.07) is -0.822. The molecule has 7 atom stereocenters. The van der Waals surface area contributed by atoms with Crippen molar-refractivity contribution in [3.63, 3.8) is 0 Å². The van der Waals surface area contributed by atoms with Gasteiger partial charge in [-0.3, -0.25) is 4.79 Å². The monoisotopic (exact) mass is 836 g/mol. The molecule has 1 heterocycles. The molecule has 1 saturated heterocycles. The lowest BCUT2D eigenvalue weighted by atomic mass is 9.99. The van der Waals surface area contributed by atoms with E-state index in [9.17, 15) is 30.3 Å². The SMILES string of the molecule is CCCCCCCCC/C=C\CCCCCCCCCC(=O)NC(COC1OC(CO)C(O)C(O)C1O)C(O)/C=C/CC/C=C/CCCCCCCCCCCCCC. The third kappa shape index (κ3) is 31.0. The molecule has 1 aliphatic heterocycles. The van der Waals surface area contributed by atoms with Crippen LogP contribution in [-0.4, -0.2) is 87.5 Å². The number of allylic oxidation sites excluding steroid dienone is 5.